The quantitative estimate of drug-likeness (QED) is 0.758. The Bertz CT molecular complexity index is 1040. The van der Waals surface area contributed by atoms with Gasteiger partial charge in [0.05, 0.1) is 11.9 Å². The lowest BCUT2D eigenvalue weighted by molar-refractivity contribution is 0.0698. The van der Waals surface area contributed by atoms with E-state index in [-0.39, 0.29) is 12.4 Å². The summed E-state index contributed by atoms with van der Waals surface area (Å²) in [5.41, 5.74) is 3.50. The molecule has 2 aliphatic rings. The van der Waals surface area contributed by atoms with Crippen LogP contribution in [0.2, 0.25) is 0 Å². The highest BCUT2D eigenvalue weighted by atomic mass is 16.7. The summed E-state index contributed by atoms with van der Waals surface area (Å²) in [7, 11) is 0. The van der Waals surface area contributed by atoms with Crippen molar-refractivity contribution in [2.75, 3.05) is 6.79 Å². The van der Waals surface area contributed by atoms with E-state index < -0.39 is 5.97 Å². The van der Waals surface area contributed by atoms with Crippen LogP contribution in [0.3, 0.4) is 0 Å². The minimum Gasteiger partial charge on any atom is -0.477 e. The highest BCUT2D eigenvalue weighted by Crippen LogP contribution is 2.41. The van der Waals surface area contributed by atoms with E-state index in [2.05, 4.69) is 10.1 Å². The number of carboxylic acid groups (broad SMARTS) is 1. The molecular weight excluding hydrogens is 346 g/mol. The molecule has 7 heteroatoms. The number of rotatable bonds is 3. The van der Waals surface area contributed by atoms with Crippen molar-refractivity contribution in [3.8, 4) is 22.6 Å². The van der Waals surface area contributed by atoms with Crippen LogP contribution in [0, 0.1) is 0 Å². The predicted molar refractivity (Wildman–Crippen MR) is 97.3 cm³/mol. The highest BCUT2D eigenvalue weighted by Gasteiger charge is 2.26. The van der Waals surface area contributed by atoms with Crippen LogP contribution in [0.1, 0.15) is 54.1 Å². The fourth-order valence-corrected chi connectivity index (χ4v) is 4.15. The Morgan fingerprint density at radius 2 is 1.93 bits per heavy atom. The summed E-state index contributed by atoms with van der Waals surface area (Å²) in [6.07, 6.45) is 8.87. The van der Waals surface area contributed by atoms with E-state index in [1.807, 2.05) is 18.2 Å². The van der Waals surface area contributed by atoms with Gasteiger partial charge in [0.2, 0.25) is 6.79 Å². The molecule has 0 bridgehead atoms. The Morgan fingerprint density at radius 1 is 1.11 bits per heavy atom. The van der Waals surface area contributed by atoms with Gasteiger partial charge in [-0.2, -0.15) is 5.10 Å². The maximum atomic E-state index is 11.5. The number of aromatic nitrogens is 3. The van der Waals surface area contributed by atoms with Crippen molar-refractivity contribution in [1.82, 2.24) is 14.6 Å². The molecule has 2 aromatic heterocycles. The second kappa shape index (κ2) is 6.26. The van der Waals surface area contributed by atoms with Crippen LogP contribution < -0.4 is 9.47 Å². The van der Waals surface area contributed by atoms with Gasteiger partial charge in [-0.1, -0.05) is 25.3 Å². The van der Waals surface area contributed by atoms with E-state index in [9.17, 15) is 9.90 Å². The summed E-state index contributed by atoms with van der Waals surface area (Å²) >= 11 is 0. The molecule has 27 heavy (non-hydrogen) atoms. The van der Waals surface area contributed by atoms with Gasteiger partial charge in [-0.25, -0.2) is 14.3 Å². The normalized spacial score (nSPS) is 16.7. The van der Waals surface area contributed by atoms with E-state index in [0.717, 1.165) is 35.4 Å². The number of carboxylic acids is 1. The van der Waals surface area contributed by atoms with Gasteiger partial charge >= 0.3 is 5.97 Å². The largest absolute Gasteiger partial charge is 0.477 e. The Kier molecular flexibility index (Phi) is 3.74. The van der Waals surface area contributed by atoms with E-state index in [4.69, 9.17) is 9.47 Å². The number of fused-ring (bicyclic) bond motifs is 2. The van der Waals surface area contributed by atoms with Crippen LogP contribution in [0.25, 0.3) is 16.8 Å². The minimum absolute atomic E-state index is 0.129. The molecule has 7 nitrogen and oxygen atoms in total. The van der Waals surface area contributed by atoms with Crippen LogP contribution in [0.15, 0.2) is 30.6 Å². The summed E-state index contributed by atoms with van der Waals surface area (Å²) in [5.74, 6) is 0.766. The fourth-order valence-electron chi connectivity index (χ4n) is 4.15. The van der Waals surface area contributed by atoms with Gasteiger partial charge in [-0.15, -0.1) is 0 Å². The average Bonchev–Trinajstić information content (AvgIpc) is 3.34. The number of hydrogen-bond acceptors (Lipinski definition) is 5. The second-order valence-corrected chi connectivity index (χ2v) is 7.06. The van der Waals surface area contributed by atoms with E-state index >= 15 is 0 Å². The van der Waals surface area contributed by atoms with Crippen LogP contribution in [-0.4, -0.2) is 32.5 Å². The molecule has 1 N–H and O–H groups in total. The van der Waals surface area contributed by atoms with Crippen LogP contribution >= 0.6 is 0 Å². The van der Waals surface area contributed by atoms with Gasteiger partial charge in [0.25, 0.3) is 0 Å². The first-order valence-electron chi connectivity index (χ1n) is 9.22. The van der Waals surface area contributed by atoms with Crippen molar-refractivity contribution >= 4 is 11.6 Å². The third kappa shape index (κ3) is 2.61. The fraction of sp³-hybridized carbons (Fsp3) is 0.350. The minimum atomic E-state index is -1.01. The molecule has 1 fully saturated rings. The number of nitrogens with zero attached hydrogens (tertiary/aromatic N) is 3. The van der Waals surface area contributed by atoms with Crippen LogP contribution in [0.5, 0.6) is 11.5 Å². The molecule has 5 rings (SSSR count). The van der Waals surface area contributed by atoms with Gasteiger partial charge in [0.15, 0.2) is 17.1 Å². The molecule has 3 aromatic rings. The monoisotopic (exact) mass is 365 g/mol. The Hall–Kier alpha value is -3.09. The number of aromatic carboxylic acids is 1. The number of carbonyl (C=O) groups is 1. The third-order valence-corrected chi connectivity index (χ3v) is 5.47. The van der Waals surface area contributed by atoms with Crippen molar-refractivity contribution in [2.24, 2.45) is 0 Å². The first-order chi connectivity index (χ1) is 13.2. The zero-order chi connectivity index (χ0) is 18.4. The molecule has 1 aliphatic heterocycles. The summed E-state index contributed by atoms with van der Waals surface area (Å²) < 4.78 is 12.7. The molecule has 0 radical (unpaired) electrons. The molecule has 0 amide bonds. The van der Waals surface area contributed by atoms with E-state index in [0.29, 0.717) is 17.3 Å². The van der Waals surface area contributed by atoms with Gasteiger partial charge < -0.3 is 14.6 Å². The Balaban J connectivity index is 1.72. The van der Waals surface area contributed by atoms with Gasteiger partial charge in [0.1, 0.15) is 5.56 Å². The summed E-state index contributed by atoms with van der Waals surface area (Å²) in [4.78, 5) is 16.0. The van der Waals surface area contributed by atoms with E-state index in [1.165, 1.54) is 25.5 Å². The van der Waals surface area contributed by atoms with Crippen molar-refractivity contribution in [3.05, 3.63) is 41.9 Å². The molecule has 1 aliphatic carbocycles. The zero-order valence-electron chi connectivity index (χ0n) is 14.7. The van der Waals surface area contributed by atoms with Gasteiger partial charge in [-0.05, 0) is 30.5 Å². The first-order valence-corrected chi connectivity index (χ1v) is 9.22. The molecule has 0 saturated heterocycles. The zero-order valence-corrected chi connectivity index (χ0v) is 14.7. The van der Waals surface area contributed by atoms with Crippen molar-refractivity contribution in [3.63, 3.8) is 0 Å². The molecular formula is C20H19N3O4. The highest BCUT2D eigenvalue weighted by molar-refractivity contribution is 5.94. The van der Waals surface area contributed by atoms with Gasteiger partial charge in [0, 0.05) is 17.7 Å². The molecule has 1 saturated carbocycles. The summed E-state index contributed by atoms with van der Waals surface area (Å²) in [5, 5.41) is 13.8. The van der Waals surface area contributed by atoms with Crippen LogP contribution in [0.4, 0.5) is 0 Å². The molecule has 0 atom stereocenters. The first kappa shape index (κ1) is 16.1. The number of hydrogen-bond donors (Lipinski definition) is 1. The maximum absolute atomic E-state index is 11.5. The lowest BCUT2D eigenvalue weighted by Crippen LogP contribution is -2.13. The van der Waals surface area contributed by atoms with Gasteiger partial charge in [-0.3, -0.25) is 0 Å². The van der Waals surface area contributed by atoms with Crippen molar-refractivity contribution < 1.29 is 19.4 Å². The lowest BCUT2D eigenvalue weighted by atomic mass is 9.84. The molecule has 0 spiro atoms. The topological polar surface area (TPSA) is 86.0 Å². The third-order valence-electron chi connectivity index (χ3n) is 5.47. The van der Waals surface area contributed by atoms with Crippen LogP contribution in [-0.2, 0) is 0 Å². The smallest absolute Gasteiger partial charge is 0.341 e. The molecule has 0 unspecified atom stereocenters. The SMILES string of the molecule is O=C(O)c1cnn2c(C3CCCCC3)c(-c3ccc4c(c3)OCO4)cnc12. The number of benzene rings is 1. The average molecular weight is 365 g/mol. The lowest BCUT2D eigenvalue weighted by Gasteiger charge is -2.25. The molecule has 1 aromatic carbocycles. The second-order valence-electron chi connectivity index (χ2n) is 7.06. The standard InChI is InChI=1S/C20H19N3O4/c24-20(25)15-10-22-23-18(12-4-2-1-3-5-12)14(9-21-19(15)23)13-6-7-16-17(8-13)27-11-26-16/h6-10,12H,1-5,11H2,(H,24,25). The Labute approximate surface area is 155 Å². The Morgan fingerprint density at radius 3 is 2.74 bits per heavy atom. The summed E-state index contributed by atoms with van der Waals surface area (Å²) in [6, 6.07) is 5.85. The number of ether oxygens (including phenoxy) is 2. The van der Waals surface area contributed by atoms with Crippen molar-refractivity contribution in [2.45, 2.75) is 38.0 Å². The molecule has 3 heterocycles. The summed E-state index contributed by atoms with van der Waals surface area (Å²) in [6.45, 7) is 0.229. The molecule has 138 valence electrons. The van der Waals surface area contributed by atoms with E-state index in [1.54, 1.807) is 10.7 Å². The maximum Gasteiger partial charge on any atom is 0.341 e. The predicted octanol–water partition coefficient (Wildman–Crippen LogP) is 3.87. The van der Waals surface area contributed by atoms with Crippen molar-refractivity contribution in [1.29, 1.82) is 0 Å².